The number of ether oxygens (including phenoxy) is 4. The first-order valence-corrected chi connectivity index (χ1v) is 20.1. The number of carbonyl (C=O) groups excluding carboxylic acids is 2. The van der Waals surface area contributed by atoms with Gasteiger partial charge >= 0.3 is 11.9 Å². The van der Waals surface area contributed by atoms with Gasteiger partial charge in [0.25, 0.3) is 0 Å². The smallest absolute Gasteiger partial charge is 0.311 e. The molecule has 0 saturated heterocycles. The van der Waals surface area contributed by atoms with Gasteiger partial charge in [0.1, 0.15) is 0 Å². The molecule has 6 atom stereocenters. The lowest BCUT2D eigenvalue weighted by Crippen LogP contribution is -2.32. The van der Waals surface area contributed by atoms with Crippen LogP contribution in [-0.2, 0) is 28.5 Å². The van der Waals surface area contributed by atoms with E-state index in [9.17, 15) is 9.59 Å². The zero-order valence-corrected chi connectivity index (χ0v) is 32.0. The number of hydrogen-bond acceptors (Lipinski definition) is 6. The molecule has 6 heteroatoms. The average Bonchev–Trinajstić information content (AvgIpc) is 3.06. The number of allylic oxidation sites excluding steroid dienone is 2. The third-order valence-electron chi connectivity index (χ3n) is 10.2. The van der Waals surface area contributed by atoms with Crippen LogP contribution < -0.4 is 0 Å². The normalized spacial score (nSPS) is 19.1. The van der Waals surface area contributed by atoms with Crippen LogP contribution in [0.15, 0.2) is 11.6 Å². The van der Waals surface area contributed by atoms with Crippen LogP contribution in [0.5, 0.6) is 0 Å². The lowest BCUT2D eigenvalue weighted by atomic mass is 9.76. The van der Waals surface area contributed by atoms with E-state index in [1.807, 2.05) is 13.8 Å². The standard InChI is InChI=1S/C41H76O6/c1-8-13-16-20-25-37-28-29-38(39(30-37)41(43)47-34(7)45-32-36(12-5)24-15-10-3)26-21-18-17-19-22-27-40(42)46-33(6)44-31-35(11-4)23-14-9-2/h28,33-36,38-39H,8-27,29-32H2,1-7H3. The fourth-order valence-corrected chi connectivity index (χ4v) is 6.70. The third kappa shape index (κ3) is 21.3. The number of unbranched alkanes of at least 4 members (excludes halogenated alkanes) is 9. The highest BCUT2D eigenvalue weighted by molar-refractivity contribution is 5.73. The van der Waals surface area contributed by atoms with Crippen molar-refractivity contribution in [2.45, 2.75) is 202 Å². The van der Waals surface area contributed by atoms with Crippen molar-refractivity contribution in [3.63, 3.8) is 0 Å². The van der Waals surface area contributed by atoms with Crippen molar-refractivity contribution in [1.82, 2.24) is 0 Å². The summed E-state index contributed by atoms with van der Waals surface area (Å²) < 4.78 is 23.3. The van der Waals surface area contributed by atoms with E-state index in [1.165, 1.54) is 69.8 Å². The van der Waals surface area contributed by atoms with E-state index in [-0.39, 0.29) is 17.9 Å². The van der Waals surface area contributed by atoms with Gasteiger partial charge < -0.3 is 18.9 Å². The van der Waals surface area contributed by atoms with Gasteiger partial charge in [0.15, 0.2) is 12.6 Å². The molecule has 0 heterocycles. The Hall–Kier alpha value is -1.40. The topological polar surface area (TPSA) is 71.1 Å². The Labute approximate surface area is 290 Å². The number of rotatable bonds is 30. The fourth-order valence-electron chi connectivity index (χ4n) is 6.70. The van der Waals surface area contributed by atoms with Crippen LogP contribution >= 0.6 is 0 Å². The van der Waals surface area contributed by atoms with Crippen molar-refractivity contribution in [3.05, 3.63) is 11.6 Å². The number of carbonyl (C=O) groups is 2. The predicted octanol–water partition coefficient (Wildman–Crippen LogP) is 11.9. The maximum absolute atomic E-state index is 13.5. The summed E-state index contributed by atoms with van der Waals surface area (Å²) in [4.78, 5) is 25.8. The minimum Gasteiger partial charge on any atom is -0.436 e. The first kappa shape index (κ1) is 43.6. The molecule has 0 saturated carbocycles. The Balaban J connectivity index is 2.46. The lowest BCUT2D eigenvalue weighted by molar-refractivity contribution is -0.184. The van der Waals surface area contributed by atoms with Crippen molar-refractivity contribution < 1.29 is 28.5 Å². The summed E-state index contributed by atoms with van der Waals surface area (Å²) in [6.45, 7) is 16.1. The van der Waals surface area contributed by atoms with Crippen LogP contribution in [0.3, 0.4) is 0 Å². The highest BCUT2D eigenvalue weighted by Gasteiger charge is 2.33. The molecule has 0 N–H and O–H groups in total. The SMILES string of the molecule is CCCCCCC1=CCC(CCCCCCCC(=O)OC(C)OCC(CC)CCCC)C(C(=O)OC(C)OCC(CC)CCCC)C1. The molecule has 0 radical (unpaired) electrons. The van der Waals surface area contributed by atoms with E-state index in [2.05, 4.69) is 40.7 Å². The molecule has 6 unspecified atom stereocenters. The minimum absolute atomic E-state index is 0.0764. The van der Waals surface area contributed by atoms with Gasteiger partial charge in [-0.25, -0.2) is 0 Å². The number of esters is 2. The molecule has 0 aromatic rings. The summed E-state index contributed by atoms with van der Waals surface area (Å²) in [5.74, 6) is 1.07. The summed E-state index contributed by atoms with van der Waals surface area (Å²) in [7, 11) is 0. The lowest BCUT2D eigenvalue weighted by Gasteiger charge is -2.31. The van der Waals surface area contributed by atoms with Crippen molar-refractivity contribution in [1.29, 1.82) is 0 Å². The molecule has 0 spiro atoms. The van der Waals surface area contributed by atoms with Crippen molar-refractivity contribution >= 4 is 11.9 Å². The molecule has 0 amide bonds. The zero-order chi connectivity index (χ0) is 34.7. The highest BCUT2D eigenvalue weighted by atomic mass is 16.7. The molecule has 1 rings (SSSR count). The van der Waals surface area contributed by atoms with Gasteiger partial charge in [0, 0.05) is 6.42 Å². The summed E-state index contributed by atoms with van der Waals surface area (Å²) in [5, 5.41) is 0. The molecular weight excluding hydrogens is 588 g/mol. The van der Waals surface area contributed by atoms with Crippen LogP contribution in [0.1, 0.15) is 190 Å². The van der Waals surface area contributed by atoms with Gasteiger partial charge in [-0.2, -0.15) is 0 Å². The number of hydrogen-bond donors (Lipinski definition) is 0. The van der Waals surface area contributed by atoms with Gasteiger partial charge in [-0.15, -0.1) is 0 Å². The van der Waals surface area contributed by atoms with Crippen LogP contribution in [0.4, 0.5) is 0 Å². The Morgan fingerprint density at radius 1 is 0.702 bits per heavy atom. The van der Waals surface area contributed by atoms with E-state index < -0.39 is 12.6 Å². The summed E-state index contributed by atoms with van der Waals surface area (Å²) >= 11 is 0. The Morgan fingerprint density at radius 3 is 1.85 bits per heavy atom. The summed E-state index contributed by atoms with van der Waals surface area (Å²) in [6, 6.07) is 0. The Kier molecular flexibility index (Phi) is 26.4. The maximum Gasteiger partial charge on any atom is 0.311 e. The molecule has 6 nitrogen and oxygen atoms in total. The van der Waals surface area contributed by atoms with Crippen LogP contribution in [0, 0.1) is 23.7 Å². The quantitative estimate of drug-likeness (QED) is 0.0329. The second kappa shape index (κ2) is 28.4. The monoisotopic (exact) mass is 665 g/mol. The first-order valence-electron chi connectivity index (χ1n) is 20.1. The van der Waals surface area contributed by atoms with Crippen molar-refractivity contribution in [3.8, 4) is 0 Å². The van der Waals surface area contributed by atoms with Gasteiger partial charge in [0.05, 0.1) is 19.1 Å². The molecule has 0 aliphatic heterocycles. The minimum atomic E-state index is -0.502. The van der Waals surface area contributed by atoms with E-state index in [1.54, 1.807) is 0 Å². The summed E-state index contributed by atoms with van der Waals surface area (Å²) in [5.41, 5.74) is 1.44. The average molecular weight is 665 g/mol. The van der Waals surface area contributed by atoms with Gasteiger partial charge in [-0.3, -0.25) is 9.59 Å². The Bertz CT molecular complexity index is 810. The fraction of sp³-hybridized carbons (Fsp3) is 0.902. The highest BCUT2D eigenvalue weighted by Crippen LogP contribution is 2.36. The van der Waals surface area contributed by atoms with Crippen molar-refractivity contribution in [2.24, 2.45) is 23.7 Å². The molecule has 1 aliphatic rings. The van der Waals surface area contributed by atoms with E-state index in [0.717, 1.165) is 70.6 Å². The second-order valence-electron chi connectivity index (χ2n) is 14.3. The molecule has 0 bridgehead atoms. The molecule has 47 heavy (non-hydrogen) atoms. The molecule has 1 aliphatic carbocycles. The van der Waals surface area contributed by atoms with Crippen molar-refractivity contribution in [2.75, 3.05) is 13.2 Å². The predicted molar refractivity (Wildman–Crippen MR) is 195 cm³/mol. The first-order chi connectivity index (χ1) is 22.8. The van der Waals surface area contributed by atoms with Gasteiger partial charge in [0.2, 0.25) is 0 Å². The van der Waals surface area contributed by atoms with E-state index in [4.69, 9.17) is 18.9 Å². The molecule has 0 fully saturated rings. The molecule has 276 valence electrons. The largest absolute Gasteiger partial charge is 0.436 e. The van der Waals surface area contributed by atoms with Crippen LogP contribution in [0.25, 0.3) is 0 Å². The van der Waals surface area contributed by atoms with Gasteiger partial charge in [-0.1, -0.05) is 130 Å². The maximum atomic E-state index is 13.5. The van der Waals surface area contributed by atoms with Crippen LogP contribution in [0.2, 0.25) is 0 Å². The third-order valence-corrected chi connectivity index (χ3v) is 10.2. The zero-order valence-electron chi connectivity index (χ0n) is 32.0. The summed E-state index contributed by atoms with van der Waals surface area (Å²) in [6.07, 6.45) is 25.3. The Morgan fingerprint density at radius 2 is 1.26 bits per heavy atom. The van der Waals surface area contributed by atoms with E-state index >= 15 is 0 Å². The van der Waals surface area contributed by atoms with Gasteiger partial charge in [-0.05, 0) is 83.0 Å². The molecular formula is C41H76O6. The second-order valence-corrected chi connectivity index (χ2v) is 14.3. The van der Waals surface area contributed by atoms with E-state index in [0.29, 0.717) is 37.4 Å². The molecule has 0 aromatic heterocycles. The molecule has 0 aromatic carbocycles. The van der Waals surface area contributed by atoms with Crippen LogP contribution in [-0.4, -0.2) is 37.7 Å².